The quantitative estimate of drug-likeness (QED) is 0.668. The van der Waals surface area contributed by atoms with Crippen LogP contribution < -0.4 is 0 Å². The van der Waals surface area contributed by atoms with Gasteiger partial charge in [0.2, 0.25) is 0 Å². The predicted octanol–water partition coefficient (Wildman–Crippen LogP) is 4.21. The summed E-state index contributed by atoms with van der Waals surface area (Å²) >= 11 is 1.27. The number of hydrogen-bond donors (Lipinski definition) is 1. The van der Waals surface area contributed by atoms with E-state index in [-0.39, 0.29) is 0 Å². The Bertz CT molecular complexity index is 603. The van der Waals surface area contributed by atoms with Crippen LogP contribution in [0.3, 0.4) is 0 Å². The van der Waals surface area contributed by atoms with E-state index < -0.39 is 5.97 Å². The number of thioether (sulfide) groups is 1. The van der Waals surface area contributed by atoms with Crippen LogP contribution in [-0.4, -0.2) is 11.1 Å². The van der Waals surface area contributed by atoms with Gasteiger partial charge in [0.05, 0.1) is 4.91 Å². The monoisotopic (exact) mass is 270 g/mol. The van der Waals surface area contributed by atoms with E-state index in [0.717, 1.165) is 16.0 Å². The molecular weight excluding hydrogens is 256 g/mol. The molecule has 0 fully saturated rings. The molecule has 0 radical (unpaired) electrons. The zero-order valence-electron chi connectivity index (χ0n) is 10.5. The van der Waals surface area contributed by atoms with E-state index in [4.69, 9.17) is 0 Å². The van der Waals surface area contributed by atoms with Crippen molar-refractivity contribution in [3.63, 3.8) is 0 Å². The first-order valence-corrected chi connectivity index (χ1v) is 6.71. The van der Waals surface area contributed by atoms with Crippen molar-refractivity contribution < 1.29 is 9.90 Å². The van der Waals surface area contributed by atoms with Crippen molar-refractivity contribution in [2.45, 2.75) is 11.8 Å². The van der Waals surface area contributed by atoms with Crippen molar-refractivity contribution in [1.29, 1.82) is 0 Å². The van der Waals surface area contributed by atoms with E-state index in [1.165, 1.54) is 11.8 Å². The maximum absolute atomic E-state index is 11.3. The first-order chi connectivity index (χ1) is 9.15. The van der Waals surface area contributed by atoms with Gasteiger partial charge in [0, 0.05) is 4.90 Å². The molecule has 2 nitrogen and oxygen atoms in total. The van der Waals surface area contributed by atoms with Crippen LogP contribution in [0.25, 0.3) is 6.08 Å². The molecule has 0 spiro atoms. The first-order valence-electron chi connectivity index (χ1n) is 5.90. The standard InChI is InChI=1S/C16H14O2S/c1-12-6-5-9-14(10-12)19-15(16(17)18)11-13-7-3-2-4-8-13/h2-11H,1H3,(H,17,18)/b15-11-. The van der Waals surface area contributed by atoms with Crippen LogP contribution in [0, 0.1) is 6.92 Å². The molecule has 0 saturated heterocycles. The zero-order chi connectivity index (χ0) is 13.7. The molecule has 0 aliphatic heterocycles. The summed E-state index contributed by atoms with van der Waals surface area (Å²) in [6.07, 6.45) is 1.69. The molecule has 0 atom stereocenters. The SMILES string of the molecule is Cc1cccc(S/C(=C\c2ccccc2)C(=O)O)c1. The van der Waals surface area contributed by atoms with E-state index in [1.54, 1.807) is 6.08 Å². The summed E-state index contributed by atoms with van der Waals surface area (Å²) in [5.41, 5.74) is 2.01. The maximum Gasteiger partial charge on any atom is 0.342 e. The number of carboxylic acid groups (broad SMARTS) is 1. The largest absolute Gasteiger partial charge is 0.477 e. The van der Waals surface area contributed by atoms with Crippen LogP contribution in [0.15, 0.2) is 64.4 Å². The third kappa shape index (κ3) is 4.00. The molecule has 3 heteroatoms. The lowest BCUT2D eigenvalue weighted by atomic mass is 10.2. The molecule has 19 heavy (non-hydrogen) atoms. The van der Waals surface area contributed by atoms with Gasteiger partial charge in [-0.15, -0.1) is 0 Å². The van der Waals surface area contributed by atoms with Gasteiger partial charge in [-0.05, 0) is 30.7 Å². The van der Waals surface area contributed by atoms with Gasteiger partial charge in [-0.3, -0.25) is 0 Å². The smallest absolute Gasteiger partial charge is 0.342 e. The fourth-order valence-corrected chi connectivity index (χ4v) is 2.57. The number of benzene rings is 2. The number of carboxylic acids is 1. The van der Waals surface area contributed by atoms with Crippen LogP contribution in [0.4, 0.5) is 0 Å². The van der Waals surface area contributed by atoms with Crippen molar-refractivity contribution in [2.24, 2.45) is 0 Å². The molecule has 2 rings (SSSR count). The summed E-state index contributed by atoms with van der Waals surface area (Å²) in [6.45, 7) is 1.99. The first kappa shape index (κ1) is 13.4. The molecule has 0 saturated carbocycles. The number of aryl methyl sites for hydroxylation is 1. The fourth-order valence-electron chi connectivity index (χ4n) is 1.64. The highest BCUT2D eigenvalue weighted by atomic mass is 32.2. The van der Waals surface area contributed by atoms with E-state index in [1.807, 2.05) is 61.5 Å². The number of carbonyl (C=O) groups is 1. The minimum Gasteiger partial charge on any atom is -0.477 e. The van der Waals surface area contributed by atoms with Gasteiger partial charge >= 0.3 is 5.97 Å². The summed E-state index contributed by atoms with van der Waals surface area (Å²) < 4.78 is 0. The highest BCUT2D eigenvalue weighted by molar-refractivity contribution is 8.04. The lowest BCUT2D eigenvalue weighted by molar-refractivity contribution is -0.131. The molecule has 0 amide bonds. The Hall–Kier alpha value is -2.00. The second-order valence-electron chi connectivity index (χ2n) is 4.14. The molecule has 0 aliphatic carbocycles. The van der Waals surface area contributed by atoms with Crippen LogP contribution in [0.5, 0.6) is 0 Å². The second kappa shape index (κ2) is 6.25. The van der Waals surface area contributed by atoms with Gasteiger partial charge in [-0.1, -0.05) is 59.8 Å². The van der Waals surface area contributed by atoms with Crippen LogP contribution in [0.1, 0.15) is 11.1 Å². The van der Waals surface area contributed by atoms with Gasteiger partial charge in [-0.25, -0.2) is 4.79 Å². The maximum atomic E-state index is 11.3. The van der Waals surface area contributed by atoms with E-state index in [0.29, 0.717) is 4.91 Å². The lowest BCUT2D eigenvalue weighted by Crippen LogP contribution is -1.96. The molecule has 0 bridgehead atoms. The lowest BCUT2D eigenvalue weighted by Gasteiger charge is -2.04. The van der Waals surface area contributed by atoms with Crippen LogP contribution >= 0.6 is 11.8 Å². The van der Waals surface area contributed by atoms with Crippen molar-refractivity contribution in [3.05, 3.63) is 70.6 Å². The number of hydrogen-bond acceptors (Lipinski definition) is 2. The second-order valence-corrected chi connectivity index (χ2v) is 5.26. The van der Waals surface area contributed by atoms with E-state index in [2.05, 4.69) is 0 Å². The van der Waals surface area contributed by atoms with Gasteiger partial charge in [0.25, 0.3) is 0 Å². The Labute approximate surface area is 116 Å². The highest BCUT2D eigenvalue weighted by Crippen LogP contribution is 2.28. The Balaban J connectivity index is 2.27. The van der Waals surface area contributed by atoms with Crippen LogP contribution in [0.2, 0.25) is 0 Å². The van der Waals surface area contributed by atoms with E-state index >= 15 is 0 Å². The van der Waals surface area contributed by atoms with Crippen molar-refractivity contribution in [3.8, 4) is 0 Å². The molecule has 96 valence electrons. The van der Waals surface area contributed by atoms with Crippen molar-refractivity contribution in [1.82, 2.24) is 0 Å². The summed E-state index contributed by atoms with van der Waals surface area (Å²) in [4.78, 5) is 12.6. The Morgan fingerprint density at radius 3 is 2.47 bits per heavy atom. The Kier molecular flexibility index (Phi) is 4.42. The zero-order valence-corrected chi connectivity index (χ0v) is 11.4. The molecule has 1 N–H and O–H groups in total. The number of aliphatic carboxylic acids is 1. The summed E-state index contributed by atoms with van der Waals surface area (Å²) in [5, 5.41) is 9.28. The average molecular weight is 270 g/mol. The molecule has 0 heterocycles. The molecule has 0 unspecified atom stereocenters. The topological polar surface area (TPSA) is 37.3 Å². The number of rotatable bonds is 4. The highest BCUT2D eigenvalue weighted by Gasteiger charge is 2.09. The Morgan fingerprint density at radius 1 is 1.11 bits per heavy atom. The van der Waals surface area contributed by atoms with Crippen LogP contribution in [-0.2, 0) is 4.79 Å². The third-order valence-electron chi connectivity index (χ3n) is 2.53. The Morgan fingerprint density at radius 2 is 1.84 bits per heavy atom. The molecule has 0 aromatic heterocycles. The van der Waals surface area contributed by atoms with Gasteiger partial charge in [0.1, 0.15) is 0 Å². The van der Waals surface area contributed by atoms with Gasteiger partial charge < -0.3 is 5.11 Å². The summed E-state index contributed by atoms with van der Waals surface area (Å²) in [6, 6.07) is 17.3. The molecular formula is C16H14O2S. The van der Waals surface area contributed by atoms with Gasteiger partial charge in [-0.2, -0.15) is 0 Å². The van der Waals surface area contributed by atoms with Crippen molar-refractivity contribution >= 4 is 23.8 Å². The van der Waals surface area contributed by atoms with Gasteiger partial charge in [0.15, 0.2) is 0 Å². The average Bonchev–Trinajstić information content (AvgIpc) is 2.39. The summed E-state index contributed by atoms with van der Waals surface area (Å²) in [5.74, 6) is -0.907. The molecule has 0 aliphatic rings. The minimum absolute atomic E-state index is 0.316. The van der Waals surface area contributed by atoms with E-state index in [9.17, 15) is 9.90 Å². The predicted molar refractivity (Wildman–Crippen MR) is 79.1 cm³/mol. The third-order valence-corrected chi connectivity index (χ3v) is 3.53. The van der Waals surface area contributed by atoms with Crippen molar-refractivity contribution in [2.75, 3.05) is 0 Å². The summed E-state index contributed by atoms with van der Waals surface area (Å²) in [7, 11) is 0. The fraction of sp³-hybridized carbons (Fsp3) is 0.0625. The molecule has 2 aromatic rings. The normalized spacial score (nSPS) is 11.3. The minimum atomic E-state index is -0.907. The molecule has 2 aromatic carbocycles.